The molecule has 30 heavy (non-hydrogen) atoms. The first kappa shape index (κ1) is 18.8. The van der Waals surface area contributed by atoms with Crippen LogP contribution in [-0.2, 0) is 19.5 Å². The molecule has 0 aliphatic carbocycles. The Bertz CT molecular complexity index is 1160. The van der Waals surface area contributed by atoms with Crippen molar-refractivity contribution in [3.05, 3.63) is 77.3 Å². The highest BCUT2D eigenvalue weighted by Crippen LogP contribution is 2.33. The Kier molecular flexibility index (Phi) is 5.21. The minimum absolute atomic E-state index is 0.749. The minimum atomic E-state index is 0.749. The van der Waals surface area contributed by atoms with E-state index in [0.29, 0.717) is 0 Å². The van der Waals surface area contributed by atoms with E-state index in [1.165, 1.54) is 10.4 Å². The third-order valence-electron chi connectivity index (χ3n) is 5.20. The predicted molar refractivity (Wildman–Crippen MR) is 117 cm³/mol. The van der Waals surface area contributed by atoms with E-state index in [1.54, 1.807) is 30.8 Å². The van der Waals surface area contributed by atoms with Crippen molar-refractivity contribution in [2.24, 2.45) is 0 Å². The molecule has 1 aromatic carbocycles. The van der Waals surface area contributed by atoms with Crippen molar-refractivity contribution in [3.63, 3.8) is 0 Å². The van der Waals surface area contributed by atoms with Crippen LogP contribution in [0.4, 0.5) is 0 Å². The van der Waals surface area contributed by atoms with E-state index >= 15 is 0 Å². The molecule has 0 fully saturated rings. The second kappa shape index (κ2) is 8.30. The molecule has 0 amide bonds. The number of aromatic nitrogens is 4. The fourth-order valence-corrected chi connectivity index (χ4v) is 4.68. The van der Waals surface area contributed by atoms with Gasteiger partial charge in [-0.05, 0) is 24.3 Å². The Hall–Kier alpha value is -3.16. The summed E-state index contributed by atoms with van der Waals surface area (Å²) >= 11 is 1.72. The summed E-state index contributed by atoms with van der Waals surface area (Å²) in [6.07, 6.45) is 8.43. The van der Waals surface area contributed by atoms with Gasteiger partial charge in [0, 0.05) is 66.8 Å². The van der Waals surface area contributed by atoms with Crippen LogP contribution < -0.4 is 4.74 Å². The number of pyridine rings is 1. The van der Waals surface area contributed by atoms with E-state index in [4.69, 9.17) is 9.72 Å². The second-order valence-corrected chi connectivity index (χ2v) is 8.32. The fourth-order valence-electron chi connectivity index (χ4n) is 3.69. The smallest absolute Gasteiger partial charge is 0.160 e. The van der Waals surface area contributed by atoms with Gasteiger partial charge in [0.25, 0.3) is 0 Å². The minimum Gasteiger partial charge on any atom is -0.496 e. The van der Waals surface area contributed by atoms with E-state index in [-0.39, 0.29) is 0 Å². The molecule has 1 aliphatic heterocycles. The van der Waals surface area contributed by atoms with Crippen LogP contribution in [-0.4, -0.2) is 38.5 Å². The average Bonchev–Trinajstić information content (AvgIpc) is 3.27. The van der Waals surface area contributed by atoms with Gasteiger partial charge in [-0.2, -0.15) is 0 Å². The Labute approximate surface area is 179 Å². The fraction of sp³-hybridized carbons (Fsp3) is 0.217. The molecule has 0 atom stereocenters. The van der Waals surface area contributed by atoms with Crippen molar-refractivity contribution >= 4 is 11.3 Å². The number of fused-ring (bicyclic) bond motifs is 1. The number of nitrogens with zero attached hydrogens (tertiary/aromatic N) is 5. The first-order chi connectivity index (χ1) is 14.8. The number of benzene rings is 1. The van der Waals surface area contributed by atoms with Crippen LogP contribution >= 0.6 is 11.3 Å². The molecule has 0 unspecified atom stereocenters. The van der Waals surface area contributed by atoms with E-state index in [1.807, 2.05) is 42.7 Å². The van der Waals surface area contributed by atoms with Gasteiger partial charge in [-0.25, -0.2) is 15.0 Å². The van der Waals surface area contributed by atoms with Crippen LogP contribution in [0, 0.1) is 0 Å². The van der Waals surface area contributed by atoms with Gasteiger partial charge in [-0.1, -0.05) is 12.1 Å². The quantitative estimate of drug-likeness (QED) is 0.486. The molecule has 6 nitrogen and oxygen atoms in total. The molecule has 150 valence electrons. The Morgan fingerprint density at radius 2 is 2.00 bits per heavy atom. The molecule has 1 aliphatic rings. The highest BCUT2D eigenvalue weighted by atomic mass is 32.1. The average molecular weight is 416 g/mol. The highest BCUT2D eigenvalue weighted by Gasteiger charge is 2.20. The molecule has 0 radical (unpaired) electrons. The summed E-state index contributed by atoms with van der Waals surface area (Å²) < 4.78 is 5.48. The molecular formula is C23H21N5OS. The van der Waals surface area contributed by atoms with Crippen molar-refractivity contribution in [1.82, 2.24) is 24.8 Å². The van der Waals surface area contributed by atoms with Crippen LogP contribution in [0.5, 0.6) is 5.75 Å². The van der Waals surface area contributed by atoms with Gasteiger partial charge < -0.3 is 4.74 Å². The lowest BCUT2D eigenvalue weighted by atomic mass is 10.1. The van der Waals surface area contributed by atoms with Crippen molar-refractivity contribution in [2.75, 3.05) is 13.7 Å². The van der Waals surface area contributed by atoms with Crippen molar-refractivity contribution in [2.45, 2.75) is 19.5 Å². The summed E-state index contributed by atoms with van der Waals surface area (Å²) in [7, 11) is 1.69. The van der Waals surface area contributed by atoms with Gasteiger partial charge in [0.05, 0.1) is 18.4 Å². The number of ether oxygens (including phenoxy) is 1. The molecule has 0 bridgehead atoms. The van der Waals surface area contributed by atoms with Crippen LogP contribution in [0.2, 0.25) is 0 Å². The van der Waals surface area contributed by atoms with Crippen LogP contribution in [0.1, 0.15) is 16.1 Å². The van der Waals surface area contributed by atoms with Gasteiger partial charge >= 0.3 is 0 Å². The zero-order valence-corrected chi connectivity index (χ0v) is 17.5. The lowest BCUT2D eigenvalue weighted by molar-refractivity contribution is 0.245. The molecule has 7 heteroatoms. The number of hydrogen-bond donors (Lipinski definition) is 0. The van der Waals surface area contributed by atoms with Crippen LogP contribution in [0.25, 0.3) is 22.0 Å². The maximum atomic E-state index is 5.48. The van der Waals surface area contributed by atoms with Crippen LogP contribution in [0.15, 0.2) is 61.2 Å². The summed E-state index contributed by atoms with van der Waals surface area (Å²) in [5.74, 6) is 1.60. The van der Waals surface area contributed by atoms with Crippen LogP contribution in [0.3, 0.4) is 0 Å². The SMILES string of the molecule is COc1ccccc1-c1ncc(CN2CCc3nc(-c4cccnc4)ncc3C2)s1. The van der Waals surface area contributed by atoms with Crippen molar-refractivity contribution in [1.29, 1.82) is 0 Å². The molecule has 4 heterocycles. The first-order valence-corrected chi connectivity index (χ1v) is 10.7. The van der Waals surface area contributed by atoms with Crippen molar-refractivity contribution in [3.8, 4) is 27.7 Å². The molecule has 0 saturated carbocycles. The van der Waals surface area contributed by atoms with E-state index in [2.05, 4.69) is 25.9 Å². The molecule has 5 rings (SSSR count). The molecular weight excluding hydrogens is 394 g/mol. The third-order valence-corrected chi connectivity index (χ3v) is 6.22. The number of methoxy groups -OCH3 is 1. The van der Waals surface area contributed by atoms with E-state index in [0.717, 1.165) is 59.5 Å². The topological polar surface area (TPSA) is 64.0 Å². The number of rotatable bonds is 5. The summed E-state index contributed by atoms with van der Waals surface area (Å²) in [5, 5.41) is 0.990. The molecule has 0 spiro atoms. The Morgan fingerprint density at radius 1 is 1.07 bits per heavy atom. The molecule has 0 saturated heterocycles. The molecule has 3 aromatic heterocycles. The summed E-state index contributed by atoms with van der Waals surface area (Å²) in [4.78, 5) is 21.8. The maximum Gasteiger partial charge on any atom is 0.160 e. The zero-order chi connectivity index (χ0) is 20.3. The summed E-state index contributed by atoms with van der Waals surface area (Å²) in [6.45, 7) is 2.69. The lowest BCUT2D eigenvalue weighted by Crippen LogP contribution is -2.30. The van der Waals surface area contributed by atoms with Gasteiger partial charge in [0.15, 0.2) is 5.82 Å². The molecule has 0 N–H and O–H groups in total. The number of hydrogen-bond acceptors (Lipinski definition) is 7. The van der Waals surface area contributed by atoms with Gasteiger partial charge in [0.2, 0.25) is 0 Å². The summed E-state index contributed by atoms with van der Waals surface area (Å²) in [5.41, 5.74) is 4.33. The third kappa shape index (κ3) is 3.81. The summed E-state index contributed by atoms with van der Waals surface area (Å²) in [6, 6.07) is 11.9. The zero-order valence-electron chi connectivity index (χ0n) is 16.7. The molecule has 4 aromatic rings. The van der Waals surface area contributed by atoms with Gasteiger partial charge in [-0.3, -0.25) is 9.88 Å². The predicted octanol–water partition coefficient (Wildman–Crippen LogP) is 4.23. The van der Waals surface area contributed by atoms with Gasteiger partial charge in [-0.15, -0.1) is 11.3 Å². The number of thiazole rings is 1. The second-order valence-electron chi connectivity index (χ2n) is 7.20. The highest BCUT2D eigenvalue weighted by molar-refractivity contribution is 7.15. The first-order valence-electron chi connectivity index (χ1n) is 9.86. The van der Waals surface area contributed by atoms with E-state index < -0.39 is 0 Å². The van der Waals surface area contributed by atoms with Crippen molar-refractivity contribution < 1.29 is 4.74 Å². The van der Waals surface area contributed by atoms with Gasteiger partial charge in [0.1, 0.15) is 10.8 Å². The monoisotopic (exact) mass is 415 g/mol. The largest absolute Gasteiger partial charge is 0.496 e. The maximum absolute atomic E-state index is 5.48. The lowest BCUT2D eigenvalue weighted by Gasteiger charge is -2.27. The Balaban J connectivity index is 1.30. The normalized spacial score (nSPS) is 13.8. The Morgan fingerprint density at radius 3 is 2.87 bits per heavy atom. The standard InChI is InChI=1S/C23H21N5OS/c1-29-21-7-3-2-6-19(21)23-26-13-18(30-23)15-28-10-8-20-17(14-28)12-25-22(27-20)16-5-4-9-24-11-16/h2-7,9,11-13H,8,10,14-15H2,1H3. The van der Waals surface area contributed by atoms with E-state index in [9.17, 15) is 0 Å². The number of para-hydroxylation sites is 1.